The predicted molar refractivity (Wildman–Crippen MR) is 103 cm³/mol. The van der Waals surface area contributed by atoms with Crippen molar-refractivity contribution in [1.29, 1.82) is 0 Å². The second-order valence-corrected chi connectivity index (χ2v) is 7.09. The number of aliphatic hydroxyl groups is 1. The number of carbonyl (C=O) groups is 3. The van der Waals surface area contributed by atoms with Crippen molar-refractivity contribution in [2.45, 2.75) is 38.7 Å². The van der Waals surface area contributed by atoms with E-state index < -0.39 is 41.1 Å². The van der Waals surface area contributed by atoms with Crippen LogP contribution in [0.3, 0.4) is 0 Å². The standard InChI is InChI=1S/C21H28O8/c1-6-28-19(23)17-14(22)11-21(3,25)18(20(24)29-7-2)16(17)13-9-8-12(26-4)10-15(13)27-5/h8-10,16-18,25H,6-7,11H2,1-5H3/t16-,17-,18+,21+/m1/s1. The quantitative estimate of drug-likeness (QED) is 0.538. The van der Waals surface area contributed by atoms with Crippen molar-refractivity contribution in [3.8, 4) is 11.5 Å². The Labute approximate surface area is 170 Å². The fourth-order valence-electron chi connectivity index (χ4n) is 3.95. The van der Waals surface area contributed by atoms with Crippen molar-refractivity contribution in [3.05, 3.63) is 23.8 Å². The van der Waals surface area contributed by atoms with E-state index in [9.17, 15) is 19.5 Å². The molecule has 1 aromatic carbocycles. The third-order valence-corrected chi connectivity index (χ3v) is 5.15. The number of benzene rings is 1. The van der Waals surface area contributed by atoms with E-state index >= 15 is 0 Å². The van der Waals surface area contributed by atoms with Crippen LogP contribution >= 0.6 is 0 Å². The Morgan fingerprint density at radius 1 is 1.10 bits per heavy atom. The van der Waals surface area contributed by atoms with Gasteiger partial charge >= 0.3 is 11.9 Å². The molecule has 0 aromatic heterocycles. The highest BCUT2D eigenvalue weighted by Crippen LogP contribution is 2.49. The van der Waals surface area contributed by atoms with Crippen LogP contribution in [0.4, 0.5) is 0 Å². The molecule has 8 nitrogen and oxygen atoms in total. The van der Waals surface area contributed by atoms with Crippen molar-refractivity contribution >= 4 is 17.7 Å². The largest absolute Gasteiger partial charge is 0.497 e. The van der Waals surface area contributed by atoms with Gasteiger partial charge < -0.3 is 24.1 Å². The molecule has 0 heterocycles. The average Bonchev–Trinajstić information content (AvgIpc) is 2.66. The van der Waals surface area contributed by atoms with Crippen LogP contribution in [0.1, 0.15) is 38.7 Å². The van der Waals surface area contributed by atoms with Gasteiger partial charge in [-0.15, -0.1) is 0 Å². The average molecular weight is 408 g/mol. The van der Waals surface area contributed by atoms with E-state index in [1.54, 1.807) is 32.0 Å². The van der Waals surface area contributed by atoms with E-state index in [-0.39, 0.29) is 19.6 Å². The van der Waals surface area contributed by atoms with Crippen LogP contribution in [0, 0.1) is 11.8 Å². The third kappa shape index (κ3) is 4.53. The van der Waals surface area contributed by atoms with Crippen LogP contribution in [0.15, 0.2) is 18.2 Å². The molecule has 1 saturated carbocycles. The highest BCUT2D eigenvalue weighted by Gasteiger charge is 2.57. The number of esters is 2. The number of methoxy groups -OCH3 is 2. The van der Waals surface area contributed by atoms with Gasteiger partial charge in [0.05, 0.1) is 39.0 Å². The molecule has 0 unspecified atom stereocenters. The Morgan fingerprint density at radius 2 is 1.72 bits per heavy atom. The number of hydrogen-bond donors (Lipinski definition) is 1. The monoisotopic (exact) mass is 408 g/mol. The van der Waals surface area contributed by atoms with E-state index in [2.05, 4.69) is 0 Å². The molecular formula is C21H28O8. The molecule has 8 heteroatoms. The lowest BCUT2D eigenvalue weighted by Gasteiger charge is -2.43. The van der Waals surface area contributed by atoms with Crippen molar-refractivity contribution in [1.82, 2.24) is 0 Å². The summed E-state index contributed by atoms with van der Waals surface area (Å²) in [5.41, 5.74) is -1.29. The minimum atomic E-state index is -1.71. The predicted octanol–water partition coefficient (Wildman–Crippen LogP) is 1.87. The molecule has 1 aromatic rings. The summed E-state index contributed by atoms with van der Waals surface area (Å²) in [7, 11) is 2.92. The maximum absolute atomic E-state index is 12.9. The molecule has 1 aliphatic rings. The minimum absolute atomic E-state index is 0.0789. The molecule has 0 spiro atoms. The van der Waals surface area contributed by atoms with Crippen LogP contribution in [0.2, 0.25) is 0 Å². The van der Waals surface area contributed by atoms with Gasteiger partial charge in [-0.1, -0.05) is 6.07 Å². The SMILES string of the molecule is CCOC(=O)[C@@H]1C(=O)C[C@](C)(O)[C@H](C(=O)OCC)[C@@H]1c1ccc(OC)cc1OC. The summed E-state index contributed by atoms with van der Waals surface area (Å²) in [6, 6.07) is 4.85. The first-order chi connectivity index (χ1) is 13.7. The Hall–Kier alpha value is -2.61. The van der Waals surface area contributed by atoms with Crippen molar-refractivity contribution in [3.63, 3.8) is 0 Å². The molecular weight excluding hydrogens is 380 g/mol. The normalized spacial score (nSPS) is 26.6. The Kier molecular flexibility index (Phi) is 7.24. The first-order valence-corrected chi connectivity index (χ1v) is 9.52. The lowest BCUT2D eigenvalue weighted by Crippen LogP contribution is -2.55. The summed E-state index contributed by atoms with van der Waals surface area (Å²) >= 11 is 0. The number of rotatable bonds is 7. The summed E-state index contributed by atoms with van der Waals surface area (Å²) in [6.45, 7) is 4.85. The lowest BCUT2D eigenvalue weighted by molar-refractivity contribution is -0.172. The van der Waals surface area contributed by atoms with Gasteiger partial charge in [-0.05, 0) is 32.4 Å². The third-order valence-electron chi connectivity index (χ3n) is 5.15. The topological polar surface area (TPSA) is 108 Å². The van der Waals surface area contributed by atoms with E-state index in [0.717, 1.165) is 0 Å². The summed E-state index contributed by atoms with van der Waals surface area (Å²) in [5, 5.41) is 11.0. The first kappa shape index (κ1) is 22.7. The van der Waals surface area contributed by atoms with Crippen molar-refractivity contribution in [2.24, 2.45) is 11.8 Å². The fraction of sp³-hybridized carbons (Fsp3) is 0.571. The van der Waals surface area contributed by atoms with Crippen LogP contribution in [-0.2, 0) is 23.9 Å². The van der Waals surface area contributed by atoms with Crippen LogP contribution in [0.25, 0.3) is 0 Å². The molecule has 0 radical (unpaired) electrons. The summed E-state index contributed by atoms with van der Waals surface area (Å²) < 4.78 is 21.0. The second kappa shape index (κ2) is 9.26. The van der Waals surface area contributed by atoms with Crippen LogP contribution in [0.5, 0.6) is 11.5 Å². The van der Waals surface area contributed by atoms with Gasteiger partial charge in [0.15, 0.2) is 5.78 Å². The molecule has 2 rings (SSSR count). The molecule has 29 heavy (non-hydrogen) atoms. The second-order valence-electron chi connectivity index (χ2n) is 7.09. The van der Waals surface area contributed by atoms with Crippen LogP contribution in [-0.4, -0.2) is 55.9 Å². The van der Waals surface area contributed by atoms with Gasteiger partial charge in [0.25, 0.3) is 0 Å². The Bertz CT molecular complexity index is 770. The summed E-state index contributed by atoms with van der Waals surface area (Å²) in [6.07, 6.45) is -0.366. The molecule has 1 fully saturated rings. The molecule has 160 valence electrons. The number of ketones is 1. The molecule has 1 N–H and O–H groups in total. The molecule has 4 atom stereocenters. The van der Waals surface area contributed by atoms with Gasteiger partial charge in [-0.25, -0.2) is 0 Å². The van der Waals surface area contributed by atoms with Crippen molar-refractivity contribution in [2.75, 3.05) is 27.4 Å². The Morgan fingerprint density at radius 3 is 2.28 bits per heavy atom. The van der Waals surface area contributed by atoms with Crippen LogP contribution < -0.4 is 9.47 Å². The number of ether oxygens (including phenoxy) is 4. The smallest absolute Gasteiger partial charge is 0.317 e. The number of hydrogen-bond acceptors (Lipinski definition) is 8. The summed E-state index contributed by atoms with van der Waals surface area (Å²) in [4.78, 5) is 38.4. The lowest BCUT2D eigenvalue weighted by atomic mass is 9.61. The first-order valence-electron chi connectivity index (χ1n) is 9.52. The highest BCUT2D eigenvalue weighted by molar-refractivity contribution is 6.03. The maximum atomic E-state index is 12.9. The van der Waals surface area contributed by atoms with Gasteiger partial charge in [0, 0.05) is 18.4 Å². The summed E-state index contributed by atoms with van der Waals surface area (Å²) in [5.74, 6) is -4.58. The molecule has 0 aliphatic heterocycles. The van der Waals surface area contributed by atoms with Gasteiger partial charge in [0.1, 0.15) is 17.4 Å². The van der Waals surface area contributed by atoms with Gasteiger partial charge in [-0.2, -0.15) is 0 Å². The zero-order valence-corrected chi connectivity index (χ0v) is 17.4. The molecule has 1 aliphatic carbocycles. The molecule has 0 saturated heterocycles. The Balaban J connectivity index is 2.71. The minimum Gasteiger partial charge on any atom is -0.497 e. The number of Topliss-reactive ketones (excluding diaryl/α,β-unsaturated/α-hetero) is 1. The number of carbonyl (C=O) groups excluding carboxylic acids is 3. The van der Waals surface area contributed by atoms with E-state index in [1.165, 1.54) is 21.1 Å². The van der Waals surface area contributed by atoms with Gasteiger partial charge in [0.2, 0.25) is 0 Å². The van der Waals surface area contributed by atoms with E-state index in [0.29, 0.717) is 17.1 Å². The fourth-order valence-corrected chi connectivity index (χ4v) is 3.95. The van der Waals surface area contributed by atoms with E-state index in [4.69, 9.17) is 18.9 Å². The van der Waals surface area contributed by atoms with E-state index in [1.807, 2.05) is 0 Å². The van der Waals surface area contributed by atoms with Gasteiger partial charge in [-0.3, -0.25) is 14.4 Å². The molecule has 0 bridgehead atoms. The van der Waals surface area contributed by atoms with Crippen molar-refractivity contribution < 1.29 is 38.4 Å². The maximum Gasteiger partial charge on any atom is 0.317 e. The highest BCUT2D eigenvalue weighted by atomic mass is 16.5. The zero-order chi connectivity index (χ0) is 21.8. The molecule has 0 amide bonds. The zero-order valence-electron chi connectivity index (χ0n) is 17.4.